The summed E-state index contributed by atoms with van der Waals surface area (Å²) < 4.78 is 19.5. The average molecular weight is 320 g/mol. The lowest BCUT2D eigenvalue weighted by Crippen LogP contribution is -1.98. The highest BCUT2D eigenvalue weighted by atomic mass is 79.9. The number of aryl methyl sites for hydroxylation is 1. The Morgan fingerprint density at radius 2 is 2.05 bits per heavy atom. The predicted octanol–water partition coefficient (Wildman–Crippen LogP) is 4.35. The van der Waals surface area contributed by atoms with E-state index in [-0.39, 0.29) is 12.4 Å². The maximum atomic E-state index is 13.2. The Kier molecular flexibility index (Phi) is 4.18. The predicted molar refractivity (Wildman–Crippen MR) is 74.3 cm³/mol. The monoisotopic (exact) mass is 319 g/mol. The molecular weight excluding hydrogens is 309 g/mol. The minimum atomic E-state index is -0.310. The molecule has 0 saturated heterocycles. The van der Waals surface area contributed by atoms with Gasteiger partial charge in [0, 0.05) is 4.47 Å². The highest BCUT2D eigenvalue weighted by molar-refractivity contribution is 9.10. The molecule has 2 aromatic rings. The summed E-state index contributed by atoms with van der Waals surface area (Å²) in [5, 5.41) is 8.85. The first-order valence-electron chi connectivity index (χ1n) is 5.67. The van der Waals surface area contributed by atoms with Gasteiger partial charge in [0.1, 0.15) is 18.2 Å². The van der Waals surface area contributed by atoms with Crippen molar-refractivity contribution in [3.8, 4) is 11.8 Å². The van der Waals surface area contributed by atoms with Crippen LogP contribution < -0.4 is 4.74 Å². The van der Waals surface area contributed by atoms with Crippen LogP contribution in [-0.2, 0) is 6.61 Å². The van der Waals surface area contributed by atoms with Gasteiger partial charge in [-0.2, -0.15) is 5.26 Å². The van der Waals surface area contributed by atoms with Gasteiger partial charge in [-0.1, -0.05) is 22.0 Å². The lowest BCUT2D eigenvalue weighted by molar-refractivity contribution is 0.303. The summed E-state index contributed by atoms with van der Waals surface area (Å²) in [5.41, 5.74) is 2.21. The summed E-state index contributed by atoms with van der Waals surface area (Å²) >= 11 is 3.24. The summed E-state index contributed by atoms with van der Waals surface area (Å²) in [6.07, 6.45) is 0. The molecule has 2 rings (SSSR count). The molecule has 0 unspecified atom stereocenters. The van der Waals surface area contributed by atoms with E-state index in [0.717, 1.165) is 11.1 Å². The average Bonchev–Trinajstić information content (AvgIpc) is 2.37. The fraction of sp³-hybridized carbons (Fsp3) is 0.133. The molecule has 2 aromatic carbocycles. The van der Waals surface area contributed by atoms with Crippen LogP contribution >= 0.6 is 15.9 Å². The van der Waals surface area contributed by atoms with Crippen molar-refractivity contribution < 1.29 is 9.13 Å². The second kappa shape index (κ2) is 5.85. The molecular formula is C15H11BrFNO. The Balaban J connectivity index is 2.16. The van der Waals surface area contributed by atoms with Crippen LogP contribution in [-0.4, -0.2) is 0 Å². The number of ether oxygens (including phenoxy) is 1. The molecule has 0 aromatic heterocycles. The standard InChI is InChI=1S/C15H11BrFNO/c1-10-2-3-11(8-18)6-15(10)19-9-12-4-13(16)7-14(17)5-12/h2-7H,9H2,1H3. The highest BCUT2D eigenvalue weighted by Crippen LogP contribution is 2.22. The van der Waals surface area contributed by atoms with Crippen LogP contribution in [0.25, 0.3) is 0 Å². The second-order valence-electron chi connectivity index (χ2n) is 4.16. The molecule has 0 heterocycles. The second-order valence-corrected chi connectivity index (χ2v) is 5.07. The lowest BCUT2D eigenvalue weighted by Gasteiger charge is -2.10. The van der Waals surface area contributed by atoms with Crippen LogP contribution in [0.1, 0.15) is 16.7 Å². The Bertz CT molecular complexity index is 629. The summed E-state index contributed by atoms with van der Waals surface area (Å²) in [5.74, 6) is 0.329. The maximum absolute atomic E-state index is 13.2. The number of hydrogen-bond donors (Lipinski definition) is 0. The van der Waals surface area contributed by atoms with E-state index < -0.39 is 0 Å². The van der Waals surface area contributed by atoms with E-state index in [0.29, 0.717) is 15.8 Å². The third-order valence-corrected chi connectivity index (χ3v) is 3.09. The number of benzene rings is 2. The van der Waals surface area contributed by atoms with Crippen molar-refractivity contribution in [2.24, 2.45) is 0 Å². The number of rotatable bonds is 3. The van der Waals surface area contributed by atoms with E-state index >= 15 is 0 Å². The molecule has 0 fully saturated rings. The van der Waals surface area contributed by atoms with Crippen LogP contribution in [0.2, 0.25) is 0 Å². The van der Waals surface area contributed by atoms with Crippen molar-refractivity contribution in [1.29, 1.82) is 5.26 Å². The molecule has 4 heteroatoms. The van der Waals surface area contributed by atoms with Crippen molar-refractivity contribution in [3.05, 3.63) is 63.4 Å². The summed E-state index contributed by atoms with van der Waals surface area (Å²) in [7, 11) is 0. The third-order valence-electron chi connectivity index (χ3n) is 2.63. The van der Waals surface area contributed by atoms with E-state index in [1.165, 1.54) is 12.1 Å². The fourth-order valence-electron chi connectivity index (χ4n) is 1.68. The van der Waals surface area contributed by atoms with Gasteiger partial charge in [0.15, 0.2) is 0 Å². The summed E-state index contributed by atoms with van der Waals surface area (Å²) in [6.45, 7) is 2.16. The smallest absolute Gasteiger partial charge is 0.124 e. The molecule has 96 valence electrons. The molecule has 0 amide bonds. The van der Waals surface area contributed by atoms with Crippen LogP contribution in [0, 0.1) is 24.1 Å². The molecule has 0 bridgehead atoms. The first kappa shape index (κ1) is 13.6. The maximum Gasteiger partial charge on any atom is 0.124 e. The van der Waals surface area contributed by atoms with E-state index in [4.69, 9.17) is 10.00 Å². The topological polar surface area (TPSA) is 33.0 Å². The largest absolute Gasteiger partial charge is 0.489 e. The molecule has 0 saturated carbocycles. The van der Waals surface area contributed by atoms with Crippen molar-refractivity contribution in [3.63, 3.8) is 0 Å². The van der Waals surface area contributed by atoms with Crippen molar-refractivity contribution in [2.75, 3.05) is 0 Å². The van der Waals surface area contributed by atoms with Crippen LogP contribution in [0.5, 0.6) is 5.75 Å². The Morgan fingerprint density at radius 3 is 2.74 bits per heavy atom. The van der Waals surface area contributed by atoms with Crippen LogP contribution in [0.4, 0.5) is 4.39 Å². The van der Waals surface area contributed by atoms with E-state index in [2.05, 4.69) is 22.0 Å². The van der Waals surface area contributed by atoms with E-state index in [1.807, 2.05) is 13.0 Å². The van der Waals surface area contributed by atoms with E-state index in [9.17, 15) is 4.39 Å². The van der Waals surface area contributed by atoms with Gasteiger partial charge < -0.3 is 4.74 Å². The molecule has 0 N–H and O–H groups in total. The Labute approximate surface area is 119 Å². The first-order chi connectivity index (χ1) is 9.08. The molecule has 0 spiro atoms. The quantitative estimate of drug-likeness (QED) is 0.842. The van der Waals surface area contributed by atoms with Crippen molar-refractivity contribution in [2.45, 2.75) is 13.5 Å². The van der Waals surface area contributed by atoms with Crippen LogP contribution in [0.3, 0.4) is 0 Å². The number of hydrogen-bond acceptors (Lipinski definition) is 2. The van der Waals surface area contributed by atoms with Gasteiger partial charge in [0.25, 0.3) is 0 Å². The van der Waals surface area contributed by atoms with Gasteiger partial charge >= 0.3 is 0 Å². The molecule has 19 heavy (non-hydrogen) atoms. The minimum absolute atomic E-state index is 0.256. The Hall–Kier alpha value is -1.86. The Morgan fingerprint density at radius 1 is 1.26 bits per heavy atom. The van der Waals surface area contributed by atoms with Crippen LogP contribution in [0.15, 0.2) is 40.9 Å². The minimum Gasteiger partial charge on any atom is -0.489 e. The number of halogens is 2. The molecule has 0 radical (unpaired) electrons. The molecule has 0 aliphatic heterocycles. The lowest BCUT2D eigenvalue weighted by atomic mass is 10.1. The number of nitriles is 1. The number of nitrogens with zero attached hydrogens (tertiary/aromatic N) is 1. The normalized spacial score (nSPS) is 10.0. The van der Waals surface area contributed by atoms with Gasteiger partial charge in [-0.3, -0.25) is 0 Å². The fourth-order valence-corrected chi connectivity index (χ4v) is 2.19. The SMILES string of the molecule is Cc1ccc(C#N)cc1OCc1cc(F)cc(Br)c1. The van der Waals surface area contributed by atoms with Gasteiger partial charge in [-0.05, 0) is 48.4 Å². The molecule has 0 aliphatic rings. The van der Waals surface area contributed by atoms with E-state index in [1.54, 1.807) is 18.2 Å². The first-order valence-corrected chi connectivity index (χ1v) is 6.46. The zero-order chi connectivity index (χ0) is 13.8. The zero-order valence-corrected chi connectivity index (χ0v) is 11.9. The van der Waals surface area contributed by atoms with Gasteiger partial charge in [0.05, 0.1) is 11.6 Å². The summed E-state index contributed by atoms with van der Waals surface area (Å²) in [6, 6.07) is 11.9. The zero-order valence-electron chi connectivity index (χ0n) is 10.3. The summed E-state index contributed by atoms with van der Waals surface area (Å²) in [4.78, 5) is 0. The third kappa shape index (κ3) is 3.55. The van der Waals surface area contributed by atoms with Gasteiger partial charge in [0.2, 0.25) is 0 Å². The van der Waals surface area contributed by atoms with Crippen molar-refractivity contribution >= 4 is 15.9 Å². The van der Waals surface area contributed by atoms with Gasteiger partial charge in [-0.25, -0.2) is 4.39 Å². The molecule has 0 aliphatic carbocycles. The molecule has 0 atom stereocenters. The van der Waals surface area contributed by atoms with Gasteiger partial charge in [-0.15, -0.1) is 0 Å². The molecule has 2 nitrogen and oxygen atoms in total. The van der Waals surface area contributed by atoms with Crippen molar-refractivity contribution in [1.82, 2.24) is 0 Å². The highest BCUT2D eigenvalue weighted by Gasteiger charge is 2.04.